The van der Waals surface area contributed by atoms with Gasteiger partial charge in [-0.25, -0.2) is 4.98 Å². The van der Waals surface area contributed by atoms with Crippen molar-refractivity contribution in [2.75, 3.05) is 0 Å². The molecule has 0 atom stereocenters. The lowest BCUT2D eigenvalue weighted by molar-refractivity contribution is 0.289. The third-order valence-corrected chi connectivity index (χ3v) is 4.25. The molecule has 3 aromatic carbocycles. The predicted molar refractivity (Wildman–Crippen MR) is 110 cm³/mol. The van der Waals surface area contributed by atoms with Crippen LogP contribution in [-0.4, -0.2) is 26.1 Å². The van der Waals surface area contributed by atoms with Crippen molar-refractivity contribution in [2.24, 2.45) is 5.10 Å². The number of hydrogen-bond donors (Lipinski definition) is 2. The van der Waals surface area contributed by atoms with E-state index in [4.69, 9.17) is 4.74 Å². The quantitative estimate of drug-likeness (QED) is 0.405. The second-order valence-corrected chi connectivity index (χ2v) is 6.26. The summed E-state index contributed by atoms with van der Waals surface area (Å²) in [5, 5.41) is 23.8. The van der Waals surface area contributed by atoms with E-state index in [1.54, 1.807) is 24.3 Å². The molecule has 29 heavy (non-hydrogen) atoms. The third-order valence-electron chi connectivity index (χ3n) is 4.25. The molecule has 0 bridgehead atoms. The molecular formula is C22H17N3O4. The highest BCUT2D eigenvalue weighted by molar-refractivity contribution is 5.81. The van der Waals surface area contributed by atoms with Crippen molar-refractivity contribution in [3.8, 4) is 17.2 Å². The molecule has 0 fully saturated rings. The van der Waals surface area contributed by atoms with Crippen molar-refractivity contribution in [3.63, 3.8) is 0 Å². The minimum atomic E-state index is -0.332. The average Bonchev–Trinajstić information content (AvgIpc) is 2.75. The van der Waals surface area contributed by atoms with Crippen LogP contribution >= 0.6 is 0 Å². The normalized spacial score (nSPS) is 11.2. The smallest absolute Gasteiger partial charge is 0.282 e. The summed E-state index contributed by atoms with van der Waals surface area (Å²) >= 11 is 0. The van der Waals surface area contributed by atoms with Gasteiger partial charge in [0.15, 0.2) is 17.3 Å². The summed E-state index contributed by atoms with van der Waals surface area (Å²) in [6, 6.07) is 20.5. The molecule has 0 radical (unpaired) electrons. The summed E-state index contributed by atoms with van der Waals surface area (Å²) in [5.41, 5.74) is 0.731. The number of ether oxygens (including phenoxy) is 1. The fourth-order valence-corrected chi connectivity index (χ4v) is 2.79. The maximum Gasteiger partial charge on any atom is 0.282 e. The Kier molecular flexibility index (Phi) is 4.94. The predicted octanol–water partition coefficient (Wildman–Crippen LogP) is 3.27. The van der Waals surface area contributed by atoms with Gasteiger partial charge in [-0.15, -0.1) is 0 Å². The molecule has 2 N–H and O–H groups in total. The molecule has 144 valence electrons. The summed E-state index contributed by atoms with van der Waals surface area (Å²) in [6.07, 6.45) is 1.41. The molecule has 0 saturated carbocycles. The topological polar surface area (TPSA) is 96.9 Å². The Morgan fingerprint density at radius 3 is 2.52 bits per heavy atom. The minimum absolute atomic E-state index is 0.0439. The second kappa shape index (κ2) is 7.85. The van der Waals surface area contributed by atoms with E-state index in [0.29, 0.717) is 28.0 Å². The number of para-hydroxylation sites is 2. The van der Waals surface area contributed by atoms with Crippen LogP contribution in [0.15, 0.2) is 82.7 Å². The molecule has 7 heteroatoms. The Morgan fingerprint density at radius 2 is 1.72 bits per heavy atom. The summed E-state index contributed by atoms with van der Waals surface area (Å²) in [7, 11) is 0. The first-order valence-corrected chi connectivity index (χ1v) is 8.87. The Morgan fingerprint density at radius 1 is 0.966 bits per heavy atom. The fourth-order valence-electron chi connectivity index (χ4n) is 2.79. The van der Waals surface area contributed by atoms with Crippen LogP contribution in [0.5, 0.6) is 17.2 Å². The van der Waals surface area contributed by atoms with Crippen molar-refractivity contribution in [1.29, 1.82) is 0 Å². The maximum absolute atomic E-state index is 13.0. The van der Waals surface area contributed by atoms with Gasteiger partial charge < -0.3 is 14.9 Å². The standard InChI is InChI=1S/C22H17N3O4/c26-19-11-10-15(12-20(19)27)13-23-25-21(14-29-16-6-2-1-3-7-16)24-18-9-5-4-8-17(18)22(25)28/h1-13,26-27H,14H2/b23-13-. The Labute approximate surface area is 165 Å². The average molecular weight is 387 g/mol. The molecule has 0 aliphatic carbocycles. The van der Waals surface area contributed by atoms with E-state index in [1.165, 1.54) is 23.0 Å². The summed E-state index contributed by atoms with van der Waals surface area (Å²) in [6.45, 7) is 0.0439. The van der Waals surface area contributed by atoms with Crippen molar-refractivity contribution < 1.29 is 14.9 Å². The van der Waals surface area contributed by atoms with Gasteiger partial charge in [0, 0.05) is 0 Å². The van der Waals surface area contributed by atoms with E-state index in [-0.39, 0.29) is 23.7 Å². The lowest BCUT2D eigenvalue weighted by Crippen LogP contribution is -2.23. The van der Waals surface area contributed by atoms with E-state index in [0.717, 1.165) is 0 Å². The summed E-state index contributed by atoms with van der Waals surface area (Å²) in [5.74, 6) is 0.472. The van der Waals surface area contributed by atoms with E-state index in [1.807, 2.05) is 36.4 Å². The van der Waals surface area contributed by atoms with Crippen molar-refractivity contribution in [3.05, 3.63) is 94.5 Å². The number of aromatic hydroxyl groups is 2. The van der Waals surface area contributed by atoms with Crippen LogP contribution < -0.4 is 10.3 Å². The molecule has 1 aromatic heterocycles. The highest BCUT2D eigenvalue weighted by Crippen LogP contribution is 2.24. The lowest BCUT2D eigenvalue weighted by atomic mass is 10.2. The van der Waals surface area contributed by atoms with Crippen molar-refractivity contribution >= 4 is 17.1 Å². The number of aromatic nitrogens is 2. The van der Waals surface area contributed by atoms with Crippen LogP contribution in [0.25, 0.3) is 10.9 Å². The second-order valence-electron chi connectivity index (χ2n) is 6.26. The van der Waals surface area contributed by atoms with Crippen LogP contribution in [0, 0.1) is 0 Å². The number of nitrogens with zero attached hydrogens (tertiary/aromatic N) is 3. The van der Waals surface area contributed by atoms with Crippen LogP contribution in [0.1, 0.15) is 11.4 Å². The van der Waals surface area contributed by atoms with Gasteiger partial charge in [0.2, 0.25) is 0 Å². The molecule has 0 unspecified atom stereocenters. The molecule has 0 spiro atoms. The maximum atomic E-state index is 13.0. The van der Waals surface area contributed by atoms with Gasteiger partial charge in [-0.05, 0) is 48.0 Å². The van der Waals surface area contributed by atoms with Crippen LogP contribution in [0.4, 0.5) is 0 Å². The molecule has 7 nitrogen and oxygen atoms in total. The van der Waals surface area contributed by atoms with Gasteiger partial charge in [-0.1, -0.05) is 30.3 Å². The molecule has 0 saturated heterocycles. The zero-order chi connectivity index (χ0) is 20.2. The van der Waals surface area contributed by atoms with E-state index < -0.39 is 0 Å². The summed E-state index contributed by atoms with van der Waals surface area (Å²) in [4.78, 5) is 17.5. The van der Waals surface area contributed by atoms with Gasteiger partial charge in [0.05, 0.1) is 17.1 Å². The van der Waals surface area contributed by atoms with Crippen LogP contribution in [-0.2, 0) is 6.61 Å². The Balaban J connectivity index is 1.75. The van der Waals surface area contributed by atoms with Gasteiger partial charge >= 0.3 is 0 Å². The lowest BCUT2D eigenvalue weighted by Gasteiger charge is -2.10. The minimum Gasteiger partial charge on any atom is -0.504 e. The highest BCUT2D eigenvalue weighted by Gasteiger charge is 2.11. The zero-order valence-corrected chi connectivity index (χ0v) is 15.3. The number of hydrogen-bond acceptors (Lipinski definition) is 6. The molecular weight excluding hydrogens is 370 g/mol. The van der Waals surface area contributed by atoms with Crippen LogP contribution in [0.3, 0.4) is 0 Å². The van der Waals surface area contributed by atoms with Gasteiger partial charge in [0.1, 0.15) is 12.4 Å². The SMILES string of the molecule is O=c1c2ccccc2nc(COc2ccccc2)n1/N=C\c1ccc(O)c(O)c1. The number of phenols is 2. The molecule has 4 rings (SSSR count). The monoisotopic (exact) mass is 387 g/mol. The number of rotatable bonds is 5. The van der Waals surface area contributed by atoms with E-state index in [9.17, 15) is 15.0 Å². The summed E-state index contributed by atoms with van der Waals surface area (Å²) < 4.78 is 6.93. The number of benzene rings is 3. The highest BCUT2D eigenvalue weighted by atomic mass is 16.5. The Bertz CT molecular complexity index is 1250. The first kappa shape index (κ1) is 18.2. The van der Waals surface area contributed by atoms with E-state index >= 15 is 0 Å². The van der Waals surface area contributed by atoms with E-state index in [2.05, 4.69) is 10.1 Å². The largest absolute Gasteiger partial charge is 0.504 e. The van der Waals surface area contributed by atoms with Gasteiger partial charge in [-0.3, -0.25) is 4.79 Å². The molecule has 0 aliphatic heterocycles. The van der Waals surface area contributed by atoms with Crippen molar-refractivity contribution in [1.82, 2.24) is 9.66 Å². The van der Waals surface area contributed by atoms with Gasteiger partial charge in [-0.2, -0.15) is 9.78 Å². The molecule has 4 aromatic rings. The van der Waals surface area contributed by atoms with Crippen LogP contribution in [0.2, 0.25) is 0 Å². The van der Waals surface area contributed by atoms with Gasteiger partial charge in [0.25, 0.3) is 5.56 Å². The first-order valence-electron chi connectivity index (χ1n) is 8.87. The Hall–Kier alpha value is -4.13. The molecule has 0 amide bonds. The number of phenolic OH excluding ortho intramolecular Hbond substituents is 2. The number of fused-ring (bicyclic) bond motifs is 1. The zero-order valence-electron chi connectivity index (χ0n) is 15.3. The third kappa shape index (κ3) is 3.93. The molecule has 0 aliphatic rings. The van der Waals surface area contributed by atoms with Crippen molar-refractivity contribution in [2.45, 2.75) is 6.61 Å². The molecule has 1 heterocycles. The fraction of sp³-hybridized carbons (Fsp3) is 0.0455. The first-order chi connectivity index (χ1) is 14.1.